The summed E-state index contributed by atoms with van der Waals surface area (Å²) in [6.07, 6.45) is 9.46. The first-order valence-electron chi connectivity index (χ1n) is 10.1. The Hall–Kier alpha value is -1.70. The van der Waals surface area contributed by atoms with Crippen LogP contribution in [0.2, 0.25) is 0 Å². The van der Waals surface area contributed by atoms with E-state index < -0.39 is 11.6 Å². The van der Waals surface area contributed by atoms with Crippen molar-refractivity contribution < 1.29 is 8.78 Å². The van der Waals surface area contributed by atoms with Gasteiger partial charge in [0.15, 0.2) is 0 Å². The maximum atomic E-state index is 13.4. The highest BCUT2D eigenvalue weighted by Gasteiger charge is 2.25. The number of rotatable bonds is 6. The van der Waals surface area contributed by atoms with E-state index in [1.54, 1.807) is 0 Å². The standard InChI is InChI=1S/C24H30F2/c1-3-4-5-18-6-8-19(9-7-18)17(2)20-10-12-21(13-11-20)22-14-23(25)16-24(26)15-22/h10-19H,3-9H2,1-2H3. The lowest BCUT2D eigenvalue weighted by Gasteiger charge is -2.32. The van der Waals surface area contributed by atoms with Crippen LogP contribution in [-0.4, -0.2) is 0 Å². The van der Waals surface area contributed by atoms with Crippen LogP contribution < -0.4 is 0 Å². The van der Waals surface area contributed by atoms with Crippen LogP contribution in [0.4, 0.5) is 8.78 Å². The maximum Gasteiger partial charge on any atom is 0.126 e. The maximum absolute atomic E-state index is 13.4. The normalized spacial score (nSPS) is 21.5. The van der Waals surface area contributed by atoms with E-state index in [0.717, 1.165) is 23.5 Å². The van der Waals surface area contributed by atoms with Gasteiger partial charge in [-0.1, -0.05) is 70.2 Å². The minimum absolute atomic E-state index is 0.530. The smallest absolute Gasteiger partial charge is 0.126 e. The molecule has 1 unspecified atom stereocenters. The Labute approximate surface area is 156 Å². The summed E-state index contributed by atoms with van der Waals surface area (Å²) in [7, 11) is 0. The van der Waals surface area contributed by atoms with Crippen molar-refractivity contribution in [3.05, 3.63) is 59.7 Å². The average molecular weight is 357 g/mol. The first-order valence-corrected chi connectivity index (χ1v) is 10.1. The number of hydrogen-bond donors (Lipinski definition) is 0. The van der Waals surface area contributed by atoms with Gasteiger partial charge in [0.1, 0.15) is 11.6 Å². The third-order valence-corrected chi connectivity index (χ3v) is 6.20. The lowest BCUT2D eigenvalue weighted by molar-refractivity contribution is 0.237. The molecular weight excluding hydrogens is 326 g/mol. The molecule has 2 heteroatoms. The van der Waals surface area contributed by atoms with E-state index in [2.05, 4.69) is 26.0 Å². The molecule has 0 bridgehead atoms. The fraction of sp³-hybridized carbons (Fsp3) is 0.500. The number of benzene rings is 2. The molecule has 0 heterocycles. The molecular formula is C24H30F2. The molecule has 0 spiro atoms. The molecule has 26 heavy (non-hydrogen) atoms. The van der Waals surface area contributed by atoms with Gasteiger partial charge >= 0.3 is 0 Å². The highest BCUT2D eigenvalue weighted by Crippen LogP contribution is 2.39. The summed E-state index contributed by atoms with van der Waals surface area (Å²) >= 11 is 0. The molecule has 0 saturated heterocycles. The SMILES string of the molecule is CCCCC1CCC(C(C)c2ccc(-c3cc(F)cc(F)c3)cc2)CC1. The molecule has 0 radical (unpaired) electrons. The van der Waals surface area contributed by atoms with Crippen LogP contribution in [0.25, 0.3) is 11.1 Å². The van der Waals surface area contributed by atoms with Crippen LogP contribution in [0.5, 0.6) is 0 Å². The van der Waals surface area contributed by atoms with E-state index in [0.29, 0.717) is 11.5 Å². The molecule has 2 aromatic carbocycles. The summed E-state index contributed by atoms with van der Waals surface area (Å²) in [5.41, 5.74) is 2.79. The fourth-order valence-corrected chi connectivity index (χ4v) is 4.44. The Balaban J connectivity index is 1.63. The van der Waals surface area contributed by atoms with Crippen molar-refractivity contribution in [2.75, 3.05) is 0 Å². The lowest BCUT2D eigenvalue weighted by Crippen LogP contribution is -2.19. The van der Waals surface area contributed by atoms with Crippen molar-refractivity contribution in [1.29, 1.82) is 0 Å². The van der Waals surface area contributed by atoms with Gasteiger partial charge < -0.3 is 0 Å². The monoisotopic (exact) mass is 356 g/mol. The zero-order valence-electron chi connectivity index (χ0n) is 16.0. The van der Waals surface area contributed by atoms with E-state index in [-0.39, 0.29) is 0 Å². The molecule has 0 amide bonds. The third-order valence-electron chi connectivity index (χ3n) is 6.20. The molecule has 0 aliphatic heterocycles. The lowest BCUT2D eigenvalue weighted by atomic mass is 9.73. The Morgan fingerprint density at radius 1 is 0.885 bits per heavy atom. The molecule has 1 aliphatic rings. The molecule has 3 rings (SSSR count). The molecule has 1 fully saturated rings. The number of hydrogen-bond acceptors (Lipinski definition) is 0. The van der Waals surface area contributed by atoms with Gasteiger partial charge in [0.25, 0.3) is 0 Å². The fourth-order valence-electron chi connectivity index (χ4n) is 4.44. The number of halogens is 2. The molecule has 0 N–H and O–H groups in total. The molecule has 1 aliphatic carbocycles. The second-order valence-electron chi connectivity index (χ2n) is 7.99. The summed E-state index contributed by atoms with van der Waals surface area (Å²) in [4.78, 5) is 0. The van der Waals surface area contributed by atoms with Crippen LogP contribution in [-0.2, 0) is 0 Å². The predicted molar refractivity (Wildman–Crippen MR) is 105 cm³/mol. The predicted octanol–water partition coefficient (Wildman–Crippen LogP) is 7.73. The van der Waals surface area contributed by atoms with Gasteiger partial charge in [-0.05, 0) is 59.4 Å². The van der Waals surface area contributed by atoms with Crippen molar-refractivity contribution in [2.24, 2.45) is 11.8 Å². The Kier molecular flexibility index (Phi) is 6.45. The number of unbranched alkanes of at least 4 members (excludes halogenated alkanes) is 1. The van der Waals surface area contributed by atoms with E-state index in [1.807, 2.05) is 12.1 Å². The van der Waals surface area contributed by atoms with Crippen molar-refractivity contribution >= 4 is 0 Å². The Bertz CT molecular complexity index is 676. The molecule has 1 saturated carbocycles. The second kappa shape index (κ2) is 8.79. The van der Waals surface area contributed by atoms with E-state index in [1.165, 1.54) is 62.6 Å². The Morgan fingerprint density at radius 2 is 1.50 bits per heavy atom. The zero-order chi connectivity index (χ0) is 18.5. The van der Waals surface area contributed by atoms with Gasteiger partial charge in [0.05, 0.1) is 0 Å². The molecule has 140 valence electrons. The summed E-state index contributed by atoms with van der Waals surface area (Å²) in [5, 5.41) is 0. The van der Waals surface area contributed by atoms with Crippen molar-refractivity contribution in [2.45, 2.75) is 64.7 Å². The largest absolute Gasteiger partial charge is 0.207 e. The third kappa shape index (κ3) is 4.72. The van der Waals surface area contributed by atoms with E-state index in [9.17, 15) is 8.78 Å². The van der Waals surface area contributed by atoms with Crippen LogP contribution in [0.3, 0.4) is 0 Å². The summed E-state index contributed by atoms with van der Waals surface area (Å²) in [6.45, 7) is 4.60. The summed E-state index contributed by atoms with van der Waals surface area (Å²) in [6, 6.07) is 11.9. The van der Waals surface area contributed by atoms with Crippen molar-refractivity contribution in [3.63, 3.8) is 0 Å². The minimum atomic E-state index is -0.530. The van der Waals surface area contributed by atoms with E-state index >= 15 is 0 Å². The van der Waals surface area contributed by atoms with Crippen LogP contribution in [0, 0.1) is 23.5 Å². The summed E-state index contributed by atoms with van der Waals surface area (Å²) in [5.74, 6) is 1.17. The first-order chi connectivity index (χ1) is 12.6. The first kappa shape index (κ1) is 19.1. The minimum Gasteiger partial charge on any atom is -0.207 e. The molecule has 1 atom stereocenters. The Morgan fingerprint density at radius 3 is 2.08 bits per heavy atom. The van der Waals surface area contributed by atoms with Crippen LogP contribution in [0.15, 0.2) is 42.5 Å². The topological polar surface area (TPSA) is 0 Å². The highest BCUT2D eigenvalue weighted by atomic mass is 19.1. The van der Waals surface area contributed by atoms with Gasteiger partial charge in [0.2, 0.25) is 0 Å². The van der Waals surface area contributed by atoms with Gasteiger partial charge in [-0.15, -0.1) is 0 Å². The van der Waals surface area contributed by atoms with Crippen LogP contribution >= 0.6 is 0 Å². The zero-order valence-corrected chi connectivity index (χ0v) is 16.0. The highest BCUT2D eigenvalue weighted by molar-refractivity contribution is 5.63. The van der Waals surface area contributed by atoms with Crippen molar-refractivity contribution in [3.8, 4) is 11.1 Å². The molecule has 2 aromatic rings. The molecule has 0 nitrogen and oxygen atoms in total. The second-order valence-corrected chi connectivity index (χ2v) is 7.99. The van der Waals surface area contributed by atoms with Gasteiger partial charge in [0, 0.05) is 6.07 Å². The average Bonchev–Trinajstić information content (AvgIpc) is 2.65. The quantitative estimate of drug-likeness (QED) is 0.496. The van der Waals surface area contributed by atoms with Gasteiger partial charge in [-0.2, -0.15) is 0 Å². The molecule has 0 aromatic heterocycles. The van der Waals surface area contributed by atoms with Crippen LogP contribution in [0.1, 0.15) is 70.3 Å². The van der Waals surface area contributed by atoms with E-state index in [4.69, 9.17) is 0 Å². The van der Waals surface area contributed by atoms with Gasteiger partial charge in [-0.25, -0.2) is 8.78 Å². The van der Waals surface area contributed by atoms with Gasteiger partial charge in [-0.3, -0.25) is 0 Å². The van der Waals surface area contributed by atoms with Crippen molar-refractivity contribution in [1.82, 2.24) is 0 Å². The summed E-state index contributed by atoms with van der Waals surface area (Å²) < 4.78 is 26.9.